The van der Waals surface area contributed by atoms with Crippen molar-refractivity contribution in [2.75, 3.05) is 0 Å². The summed E-state index contributed by atoms with van der Waals surface area (Å²) in [6.07, 6.45) is 18.5. The number of allylic oxidation sites excluding steroid dienone is 4. The van der Waals surface area contributed by atoms with Crippen LogP contribution in [-0.4, -0.2) is 3.21 Å². The average Bonchev–Trinajstić information content (AvgIpc) is 3.46. The summed E-state index contributed by atoms with van der Waals surface area (Å²) >= 11 is -2.28. The molecule has 0 nitrogen and oxygen atoms in total. The standard InChI is InChI=1S/C17H13.C11H17.C6H10.2ClH.Zr/c1-3-12-5-7-14-11-15-8-6-13(4-2)10-17(15)16(14)9-12;1-5-9-6-7-10(8-9)11(2,3)4;1-2-4-6-5-3-1;;;/h3-7,9-10H,1-2,11H2;7-9H,5H2,1-4H3;1-5H2;2*1H;/q;;;;;+2/p-2. The minimum Gasteiger partial charge on any atom is -1.00 e. The smallest absolute Gasteiger partial charge is 1.00 e. The first-order chi connectivity index (χ1) is 16.8. The summed E-state index contributed by atoms with van der Waals surface area (Å²) in [7, 11) is 0. The van der Waals surface area contributed by atoms with Crippen LogP contribution in [0.4, 0.5) is 0 Å². The molecule has 3 aliphatic carbocycles. The fraction of sp³-hybridized carbons (Fsp3) is 0.382. The first-order valence-corrected chi connectivity index (χ1v) is 17.2. The maximum Gasteiger partial charge on any atom is -1.00 e. The molecule has 0 bridgehead atoms. The minimum atomic E-state index is -2.28. The zero-order valence-corrected chi connectivity index (χ0v) is 26.9. The predicted molar refractivity (Wildman–Crippen MR) is 152 cm³/mol. The van der Waals surface area contributed by atoms with Gasteiger partial charge in [-0.3, -0.25) is 0 Å². The molecule has 37 heavy (non-hydrogen) atoms. The Hall–Kier alpha value is -1.27. The predicted octanol–water partition coefficient (Wildman–Crippen LogP) is 2.83. The minimum absolute atomic E-state index is 0. The largest absolute Gasteiger partial charge is 1.00 e. The van der Waals surface area contributed by atoms with Crippen LogP contribution in [0.1, 0.15) is 88.5 Å². The van der Waals surface area contributed by atoms with Gasteiger partial charge in [0, 0.05) is 0 Å². The van der Waals surface area contributed by atoms with Crippen LogP contribution < -0.4 is 28.1 Å². The SMILES string of the molecule is C=Cc1ccc2c(c1)-c1cc(C=C)c[c]([Zr+2]([C]3=CC(C(C)(C)C)=CC3CC)=[C]3CCCCC3)c1C2.[Cl-].[Cl-]. The third-order valence-electron chi connectivity index (χ3n) is 8.30. The molecule has 2 aromatic carbocycles. The molecule has 1 unspecified atom stereocenters. The summed E-state index contributed by atoms with van der Waals surface area (Å²) in [5.74, 6) is 0.618. The third-order valence-corrected chi connectivity index (χ3v) is 16.4. The molecule has 194 valence electrons. The number of rotatable bonds is 5. The van der Waals surface area contributed by atoms with Gasteiger partial charge >= 0.3 is 222 Å². The van der Waals surface area contributed by atoms with Gasteiger partial charge in [0.05, 0.1) is 0 Å². The van der Waals surface area contributed by atoms with Crippen LogP contribution in [-0.2, 0) is 27.7 Å². The fourth-order valence-electron chi connectivity index (χ4n) is 6.25. The monoisotopic (exact) mass is 608 g/mol. The number of hydrogen-bond donors (Lipinski definition) is 0. The van der Waals surface area contributed by atoms with Crippen molar-refractivity contribution in [3.63, 3.8) is 0 Å². The Kier molecular flexibility index (Phi) is 10.0. The number of benzene rings is 2. The quantitative estimate of drug-likeness (QED) is 0.417. The zero-order chi connectivity index (χ0) is 24.7. The van der Waals surface area contributed by atoms with Gasteiger partial charge in [0.2, 0.25) is 0 Å². The first-order valence-electron chi connectivity index (χ1n) is 13.6. The molecular weight excluding hydrogens is 571 g/mol. The molecule has 0 N–H and O–H groups in total. The van der Waals surface area contributed by atoms with Crippen LogP contribution in [0.25, 0.3) is 23.3 Å². The van der Waals surface area contributed by atoms with E-state index >= 15 is 0 Å². The molecule has 3 heteroatoms. The second-order valence-corrected chi connectivity index (χ2v) is 17.9. The van der Waals surface area contributed by atoms with Gasteiger partial charge < -0.3 is 24.8 Å². The van der Waals surface area contributed by atoms with Gasteiger partial charge in [-0.1, -0.05) is 0 Å². The molecule has 1 saturated carbocycles. The molecule has 0 heterocycles. The molecule has 0 aliphatic heterocycles. The van der Waals surface area contributed by atoms with Gasteiger partial charge in [-0.25, -0.2) is 0 Å². The topological polar surface area (TPSA) is 0 Å². The Balaban J connectivity index is 0.00000190. The van der Waals surface area contributed by atoms with E-state index < -0.39 is 21.3 Å². The second-order valence-electron chi connectivity index (χ2n) is 11.6. The second kappa shape index (κ2) is 12.3. The third kappa shape index (κ3) is 5.85. The summed E-state index contributed by atoms with van der Waals surface area (Å²) in [6.45, 7) is 17.8. The molecule has 0 aromatic heterocycles. The maximum atomic E-state index is 4.21. The van der Waals surface area contributed by atoms with Crippen LogP contribution >= 0.6 is 0 Å². The Morgan fingerprint density at radius 1 is 0.919 bits per heavy atom. The van der Waals surface area contributed by atoms with E-state index in [1.807, 2.05) is 12.6 Å². The van der Waals surface area contributed by atoms with Crippen LogP contribution in [0.5, 0.6) is 0 Å². The van der Waals surface area contributed by atoms with E-state index in [1.54, 1.807) is 14.4 Å². The molecular formula is C34H40Cl2Zr. The molecule has 1 fully saturated rings. The molecule has 1 atom stereocenters. The van der Waals surface area contributed by atoms with E-state index in [2.05, 4.69) is 89.4 Å². The van der Waals surface area contributed by atoms with Crippen LogP contribution in [0.3, 0.4) is 0 Å². The van der Waals surface area contributed by atoms with Crippen molar-refractivity contribution in [2.24, 2.45) is 11.3 Å². The van der Waals surface area contributed by atoms with Crippen molar-refractivity contribution in [1.82, 2.24) is 0 Å². The molecule has 0 spiro atoms. The van der Waals surface area contributed by atoms with Gasteiger partial charge in [-0.2, -0.15) is 0 Å². The van der Waals surface area contributed by atoms with E-state index in [0.29, 0.717) is 5.92 Å². The van der Waals surface area contributed by atoms with Crippen molar-refractivity contribution >= 4 is 18.6 Å². The molecule has 2 aromatic rings. The zero-order valence-electron chi connectivity index (χ0n) is 22.9. The van der Waals surface area contributed by atoms with E-state index in [-0.39, 0.29) is 30.2 Å². The van der Waals surface area contributed by atoms with Gasteiger partial charge in [-0.15, -0.1) is 0 Å². The van der Waals surface area contributed by atoms with Gasteiger partial charge in [0.25, 0.3) is 0 Å². The molecule has 0 radical (unpaired) electrons. The van der Waals surface area contributed by atoms with E-state index in [9.17, 15) is 0 Å². The molecule has 3 aliphatic rings. The van der Waals surface area contributed by atoms with Gasteiger partial charge in [-0.05, 0) is 0 Å². The summed E-state index contributed by atoms with van der Waals surface area (Å²) in [6, 6.07) is 11.9. The summed E-state index contributed by atoms with van der Waals surface area (Å²) in [5, 5.41) is 0. The van der Waals surface area contributed by atoms with Crippen molar-refractivity contribution in [3.05, 3.63) is 86.7 Å². The molecule has 5 rings (SSSR count). The molecule has 0 saturated heterocycles. The molecule has 0 amide bonds. The Morgan fingerprint density at radius 3 is 2.22 bits per heavy atom. The Labute approximate surface area is 245 Å². The fourth-order valence-corrected chi connectivity index (χ4v) is 15.5. The van der Waals surface area contributed by atoms with E-state index in [4.69, 9.17) is 0 Å². The Morgan fingerprint density at radius 2 is 1.59 bits per heavy atom. The summed E-state index contributed by atoms with van der Waals surface area (Å²) < 4.78 is 5.53. The van der Waals surface area contributed by atoms with Gasteiger partial charge in [0.15, 0.2) is 0 Å². The van der Waals surface area contributed by atoms with Crippen molar-refractivity contribution in [1.29, 1.82) is 0 Å². The van der Waals surface area contributed by atoms with E-state index in [0.717, 1.165) is 6.42 Å². The average molecular weight is 611 g/mol. The van der Waals surface area contributed by atoms with Crippen LogP contribution in [0, 0.1) is 11.3 Å². The number of fused-ring (bicyclic) bond motifs is 3. The van der Waals surface area contributed by atoms with Crippen LogP contribution in [0.2, 0.25) is 0 Å². The number of halogens is 2. The van der Waals surface area contributed by atoms with Crippen molar-refractivity contribution in [2.45, 2.75) is 72.6 Å². The Bertz CT molecular complexity index is 1290. The maximum absolute atomic E-state index is 4.21. The summed E-state index contributed by atoms with van der Waals surface area (Å²) in [5.41, 5.74) is 10.3. The van der Waals surface area contributed by atoms with E-state index in [1.165, 1.54) is 66.3 Å². The normalized spacial score (nSPS) is 17.8. The summed E-state index contributed by atoms with van der Waals surface area (Å²) in [4.78, 5) is 0. The van der Waals surface area contributed by atoms with Crippen LogP contribution in [0.15, 0.2) is 64.5 Å². The van der Waals surface area contributed by atoms with Gasteiger partial charge in [0.1, 0.15) is 0 Å². The first kappa shape index (κ1) is 30.3. The number of hydrogen-bond acceptors (Lipinski definition) is 0. The van der Waals surface area contributed by atoms with Crippen molar-refractivity contribution < 1.29 is 46.1 Å². The van der Waals surface area contributed by atoms with Crippen molar-refractivity contribution in [3.8, 4) is 11.1 Å².